The number of hydrogen-bond donors (Lipinski definition) is 2. The molecule has 0 aliphatic rings. The van der Waals surface area contributed by atoms with Crippen molar-refractivity contribution in [2.75, 3.05) is 0 Å². The Morgan fingerprint density at radius 3 is 0.875 bits per heavy atom. The molecule has 0 spiro atoms. The van der Waals surface area contributed by atoms with Gasteiger partial charge in [-0.05, 0) is 0 Å². The summed E-state index contributed by atoms with van der Waals surface area (Å²) in [5, 5.41) is 0. The van der Waals surface area contributed by atoms with Crippen LogP contribution in [0.1, 0.15) is 0 Å². The van der Waals surface area contributed by atoms with E-state index in [-0.39, 0.29) is 88.7 Å². The monoisotopic (exact) mass is 202 g/mol. The molecule has 0 amide bonds. The van der Waals surface area contributed by atoms with Gasteiger partial charge < -0.3 is 9.11 Å². The predicted octanol–water partition coefficient (Wildman–Crippen LogP) is -1.94. The first-order chi connectivity index (χ1) is 2.00. The Morgan fingerprint density at radius 2 is 0.875 bits per heavy atom. The van der Waals surface area contributed by atoms with Crippen molar-refractivity contribution in [2.24, 2.45) is 0 Å². The van der Waals surface area contributed by atoms with Crippen molar-refractivity contribution in [1.29, 1.82) is 0 Å². The zero-order valence-electron chi connectivity index (χ0n) is 2.12. The van der Waals surface area contributed by atoms with Gasteiger partial charge in [-0.2, -0.15) is 0 Å². The Morgan fingerprint density at radius 1 is 0.875 bits per heavy atom. The fourth-order valence-corrected chi connectivity index (χ4v) is 0. The van der Waals surface area contributed by atoms with Crippen molar-refractivity contribution in [1.82, 2.24) is 0 Å². The van der Waals surface area contributed by atoms with Crippen molar-refractivity contribution in [3.63, 3.8) is 0 Å². The van der Waals surface area contributed by atoms with Crippen molar-refractivity contribution < 1.29 is 9.11 Å². The summed E-state index contributed by atoms with van der Waals surface area (Å²) in [7, 11) is -3.00. The van der Waals surface area contributed by atoms with Crippen LogP contribution >= 0.6 is 0 Å². The van der Waals surface area contributed by atoms with E-state index in [4.69, 9.17) is 9.11 Å². The van der Waals surface area contributed by atoms with Crippen LogP contribution in [0.2, 0.25) is 0 Å². The second kappa shape index (κ2) is 10.7. The SMILES string of the molecule is OS(O)(=S)=S.[NaH].[NaH].[NaH]. The van der Waals surface area contributed by atoms with Gasteiger partial charge in [0.25, 0.3) is 0 Å². The zero-order chi connectivity index (χ0) is 4.50. The average Bonchev–Trinajstić information content (AvgIpc) is 0.722. The van der Waals surface area contributed by atoms with Gasteiger partial charge in [0.15, 0.2) is 0 Å². The summed E-state index contributed by atoms with van der Waals surface area (Å²) in [6.45, 7) is 0. The molecule has 0 rings (SSSR count). The standard InChI is InChI=1S/3Na.H2O2S3.3H/c;;;1-5(2,3)4;;;/h;;;(H2,1,2,3,4);;;. The molecule has 0 aromatic rings. The molecular weight excluding hydrogens is 197 g/mol. The Labute approximate surface area is 125 Å². The van der Waals surface area contributed by atoms with Crippen LogP contribution < -0.4 is 0 Å². The summed E-state index contributed by atoms with van der Waals surface area (Å²) < 4.78 is 15.6. The molecule has 0 unspecified atom stereocenters. The van der Waals surface area contributed by atoms with Gasteiger partial charge in [-0.15, -0.1) is 0 Å². The van der Waals surface area contributed by atoms with Gasteiger partial charge in [0, 0.05) is 22.4 Å². The van der Waals surface area contributed by atoms with Gasteiger partial charge in [-0.3, -0.25) is 0 Å². The van der Waals surface area contributed by atoms with Crippen LogP contribution in [-0.2, 0) is 30.1 Å². The van der Waals surface area contributed by atoms with E-state index in [2.05, 4.69) is 22.4 Å². The van der Waals surface area contributed by atoms with Crippen LogP contribution in [0.5, 0.6) is 0 Å². The Balaban J connectivity index is -0.0000000267. The molecule has 0 fully saturated rings. The molecule has 2 nitrogen and oxygen atoms in total. The second-order valence-electron chi connectivity index (χ2n) is 0.448. The van der Waals surface area contributed by atoms with E-state index < -0.39 is 7.71 Å². The normalized spacial score (nSPS) is 7.25. The third-order valence-corrected chi connectivity index (χ3v) is 0. The molecule has 0 atom stereocenters. The second-order valence-corrected chi connectivity index (χ2v) is 4.77. The molecule has 0 aliphatic carbocycles. The molecule has 0 aliphatic heterocycles. The molecule has 0 aromatic heterocycles. The zero-order valence-corrected chi connectivity index (χ0v) is 4.57. The summed E-state index contributed by atoms with van der Waals surface area (Å²) in [4.78, 5) is 0. The average molecular weight is 202 g/mol. The van der Waals surface area contributed by atoms with E-state index >= 15 is 0 Å². The fourth-order valence-electron chi connectivity index (χ4n) is 0. The van der Waals surface area contributed by atoms with E-state index in [1.165, 1.54) is 0 Å². The summed E-state index contributed by atoms with van der Waals surface area (Å²) in [6.07, 6.45) is 0. The molecule has 0 saturated carbocycles. The van der Waals surface area contributed by atoms with Crippen LogP contribution in [0.4, 0.5) is 0 Å². The summed E-state index contributed by atoms with van der Waals surface area (Å²) in [5.74, 6) is 0. The van der Waals surface area contributed by atoms with Crippen LogP contribution in [0.25, 0.3) is 0 Å². The first kappa shape index (κ1) is 22.6. The first-order valence-corrected chi connectivity index (χ1v) is 4.10. The van der Waals surface area contributed by atoms with E-state index in [0.717, 1.165) is 0 Å². The maximum absolute atomic E-state index is 7.79. The third kappa shape index (κ3) is 53.5. The molecule has 38 valence electrons. The molecule has 0 saturated heterocycles. The van der Waals surface area contributed by atoms with Crippen LogP contribution in [0, 0.1) is 0 Å². The molecule has 0 aromatic carbocycles. The van der Waals surface area contributed by atoms with Gasteiger partial charge in [0.05, 0.1) is 0 Å². The topological polar surface area (TPSA) is 40.5 Å². The molecule has 0 bridgehead atoms. The summed E-state index contributed by atoms with van der Waals surface area (Å²) in [6, 6.07) is 0. The van der Waals surface area contributed by atoms with Gasteiger partial charge >= 0.3 is 88.7 Å². The minimum absolute atomic E-state index is 0. The first-order valence-electron chi connectivity index (χ1n) is 0.698. The summed E-state index contributed by atoms with van der Waals surface area (Å²) in [5.41, 5.74) is 0. The summed E-state index contributed by atoms with van der Waals surface area (Å²) >= 11 is 7.67. The van der Waals surface area contributed by atoms with Crippen LogP contribution in [-0.4, -0.2) is 97.8 Å². The van der Waals surface area contributed by atoms with Crippen molar-refractivity contribution in [3.05, 3.63) is 0 Å². The number of rotatable bonds is 0. The Kier molecular flexibility index (Phi) is 30.3. The van der Waals surface area contributed by atoms with Crippen LogP contribution in [0.15, 0.2) is 0 Å². The van der Waals surface area contributed by atoms with Crippen molar-refractivity contribution in [2.45, 2.75) is 0 Å². The molecule has 8 heteroatoms. The minimum atomic E-state index is -3.00. The van der Waals surface area contributed by atoms with Crippen molar-refractivity contribution >= 4 is 119 Å². The van der Waals surface area contributed by atoms with Gasteiger partial charge in [-0.1, -0.05) is 0 Å². The predicted molar refractivity (Wildman–Crippen MR) is 48.8 cm³/mol. The van der Waals surface area contributed by atoms with Gasteiger partial charge in [0.1, 0.15) is 7.71 Å². The van der Waals surface area contributed by atoms with E-state index in [0.29, 0.717) is 0 Å². The van der Waals surface area contributed by atoms with E-state index in [1.807, 2.05) is 0 Å². The molecule has 0 heterocycles. The Bertz CT molecular complexity index is 95.7. The van der Waals surface area contributed by atoms with E-state index in [9.17, 15) is 0 Å². The van der Waals surface area contributed by atoms with E-state index in [1.54, 1.807) is 0 Å². The molecule has 0 radical (unpaired) electrons. The fraction of sp³-hybridized carbons (Fsp3) is 0. The van der Waals surface area contributed by atoms with Crippen LogP contribution in [0.3, 0.4) is 0 Å². The molecule has 2 N–H and O–H groups in total. The number of hydrogen-bond acceptors (Lipinski definition) is 2. The molecule has 8 heavy (non-hydrogen) atoms. The quantitative estimate of drug-likeness (QED) is 0.449. The molecular formula is H5Na3O2S3. The maximum atomic E-state index is 7.79. The van der Waals surface area contributed by atoms with Gasteiger partial charge in [-0.25, -0.2) is 0 Å². The Hall–Kier alpha value is 3.71. The third-order valence-electron chi connectivity index (χ3n) is 0. The van der Waals surface area contributed by atoms with Crippen molar-refractivity contribution in [3.8, 4) is 0 Å². The van der Waals surface area contributed by atoms with Gasteiger partial charge in [0.2, 0.25) is 0 Å².